The van der Waals surface area contributed by atoms with Crippen LogP contribution in [0.1, 0.15) is 31.1 Å². The summed E-state index contributed by atoms with van der Waals surface area (Å²) >= 11 is 0. The Hall–Kier alpha value is -2.04. The zero-order valence-corrected chi connectivity index (χ0v) is 11.6. The Bertz CT molecular complexity index is 441. The van der Waals surface area contributed by atoms with Gasteiger partial charge < -0.3 is 16.4 Å². The molecule has 1 rings (SSSR count). The molecule has 4 N–H and O–H groups in total. The largest absolute Gasteiger partial charge is 0.385 e. The van der Waals surface area contributed by atoms with Crippen molar-refractivity contribution < 1.29 is 9.59 Å². The minimum Gasteiger partial charge on any atom is -0.385 e. The van der Waals surface area contributed by atoms with Crippen molar-refractivity contribution >= 4 is 17.5 Å². The zero-order chi connectivity index (χ0) is 14.4. The van der Waals surface area contributed by atoms with Crippen LogP contribution in [0.15, 0.2) is 24.3 Å². The van der Waals surface area contributed by atoms with E-state index in [1.807, 2.05) is 32.9 Å². The molecule has 1 aromatic rings. The summed E-state index contributed by atoms with van der Waals surface area (Å²) in [6.07, 6.45) is 0. The molecule has 1 atom stereocenters. The maximum Gasteiger partial charge on any atom is 0.251 e. The molecular weight excluding hydrogens is 242 g/mol. The number of amides is 2. The molecule has 5 heteroatoms. The fraction of sp³-hybridized carbons (Fsp3) is 0.429. The molecule has 0 radical (unpaired) electrons. The van der Waals surface area contributed by atoms with Gasteiger partial charge >= 0.3 is 0 Å². The molecule has 0 heterocycles. The van der Waals surface area contributed by atoms with Crippen LogP contribution in [0.5, 0.6) is 0 Å². The third-order valence-corrected chi connectivity index (χ3v) is 2.79. The Labute approximate surface area is 113 Å². The molecule has 5 nitrogen and oxygen atoms in total. The van der Waals surface area contributed by atoms with Crippen molar-refractivity contribution in [2.75, 3.05) is 11.9 Å². The van der Waals surface area contributed by atoms with Crippen molar-refractivity contribution in [2.45, 2.75) is 26.8 Å². The number of carbonyl (C=O) groups is 2. The summed E-state index contributed by atoms with van der Waals surface area (Å²) in [5, 5.41) is 5.79. The summed E-state index contributed by atoms with van der Waals surface area (Å²) in [6, 6.07) is 6.43. The second-order valence-electron chi connectivity index (χ2n) is 4.71. The molecule has 0 spiro atoms. The van der Waals surface area contributed by atoms with Gasteiger partial charge in [0.2, 0.25) is 5.91 Å². The summed E-state index contributed by atoms with van der Waals surface area (Å²) < 4.78 is 0. The molecule has 0 aliphatic carbocycles. The summed E-state index contributed by atoms with van der Waals surface area (Å²) in [5.41, 5.74) is 6.73. The van der Waals surface area contributed by atoms with E-state index in [1.165, 1.54) is 0 Å². The highest BCUT2D eigenvalue weighted by atomic mass is 16.2. The molecule has 0 bridgehead atoms. The fourth-order valence-electron chi connectivity index (χ4n) is 1.73. The van der Waals surface area contributed by atoms with Crippen LogP contribution in [-0.2, 0) is 4.79 Å². The minimum atomic E-state index is -0.652. The number of rotatable bonds is 6. The number of hydrogen-bond acceptors (Lipinski definition) is 3. The van der Waals surface area contributed by atoms with Gasteiger partial charge in [-0.25, -0.2) is 0 Å². The molecule has 0 fully saturated rings. The number of carbonyl (C=O) groups excluding carboxylic acids is 2. The first-order chi connectivity index (χ1) is 8.95. The van der Waals surface area contributed by atoms with Gasteiger partial charge in [-0.2, -0.15) is 0 Å². The smallest absolute Gasteiger partial charge is 0.251 e. The SMILES string of the molecule is CCNc1ccc(C(=O)NC(C(N)=O)C(C)C)cc1. The Morgan fingerprint density at radius 2 is 1.79 bits per heavy atom. The lowest BCUT2D eigenvalue weighted by atomic mass is 10.0. The maximum atomic E-state index is 12.0. The van der Waals surface area contributed by atoms with E-state index < -0.39 is 11.9 Å². The lowest BCUT2D eigenvalue weighted by Crippen LogP contribution is -2.47. The van der Waals surface area contributed by atoms with E-state index in [9.17, 15) is 9.59 Å². The first-order valence-electron chi connectivity index (χ1n) is 6.39. The first kappa shape index (κ1) is 15.0. The molecule has 104 valence electrons. The van der Waals surface area contributed by atoms with Gasteiger partial charge in [-0.05, 0) is 37.1 Å². The maximum absolute atomic E-state index is 12.0. The molecule has 19 heavy (non-hydrogen) atoms. The van der Waals surface area contributed by atoms with Gasteiger partial charge in [0.1, 0.15) is 6.04 Å². The van der Waals surface area contributed by atoms with Crippen molar-refractivity contribution in [2.24, 2.45) is 11.7 Å². The Morgan fingerprint density at radius 3 is 2.21 bits per heavy atom. The molecule has 0 saturated heterocycles. The van der Waals surface area contributed by atoms with Crippen LogP contribution in [0.3, 0.4) is 0 Å². The highest BCUT2D eigenvalue weighted by molar-refractivity contribution is 5.97. The van der Waals surface area contributed by atoms with Crippen molar-refractivity contribution in [3.05, 3.63) is 29.8 Å². The third-order valence-electron chi connectivity index (χ3n) is 2.79. The number of primary amides is 1. The lowest BCUT2D eigenvalue weighted by Gasteiger charge is -2.19. The van der Waals surface area contributed by atoms with Crippen LogP contribution in [0, 0.1) is 5.92 Å². The Kier molecular flexibility index (Phi) is 5.36. The summed E-state index contributed by atoms with van der Waals surface area (Å²) in [5.74, 6) is -0.851. The van der Waals surface area contributed by atoms with E-state index in [-0.39, 0.29) is 11.8 Å². The standard InChI is InChI=1S/C14H21N3O2/c1-4-16-11-7-5-10(6-8-11)14(19)17-12(9(2)3)13(15)18/h5-9,12,16H,4H2,1-3H3,(H2,15,18)(H,17,19). The normalized spacial score (nSPS) is 12.0. The molecule has 0 aliphatic rings. The number of benzene rings is 1. The molecule has 1 unspecified atom stereocenters. The van der Waals surface area contributed by atoms with Crippen molar-refractivity contribution in [1.82, 2.24) is 5.32 Å². The highest BCUT2D eigenvalue weighted by Crippen LogP contribution is 2.10. The third kappa shape index (κ3) is 4.28. The highest BCUT2D eigenvalue weighted by Gasteiger charge is 2.22. The van der Waals surface area contributed by atoms with Crippen LogP contribution >= 0.6 is 0 Å². The number of hydrogen-bond donors (Lipinski definition) is 3. The quantitative estimate of drug-likeness (QED) is 0.724. The molecule has 2 amide bonds. The van der Waals surface area contributed by atoms with Crippen LogP contribution in [0.25, 0.3) is 0 Å². The fourth-order valence-corrected chi connectivity index (χ4v) is 1.73. The van der Waals surface area contributed by atoms with Gasteiger partial charge in [-0.3, -0.25) is 9.59 Å². The van der Waals surface area contributed by atoms with E-state index in [4.69, 9.17) is 5.73 Å². The summed E-state index contributed by atoms with van der Waals surface area (Å²) in [7, 11) is 0. The van der Waals surface area contributed by atoms with Crippen molar-refractivity contribution in [3.8, 4) is 0 Å². The average Bonchev–Trinajstić information content (AvgIpc) is 2.36. The van der Waals surface area contributed by atoms with E-state index in [0.717, 1.165) is 12.2 Å². The first-order valence-corrected chi connectivity index (χ1v) is 6.39. The van der Waals surface area contributed by atoms with Gasteiger partial charge in [0.25, 0.3) is 5.91 Å². The molecule has 0 aromatic heterocycles. The van der Waals surface area contributed by atoms with Crippen molar-refractivity contribution in [1.29, 1.82) is 0 Å². The van der Waals surface area contributed by atoms with Crippen molar-refractivity contribution in [3.63, 3.8) is 0 Å². The minimum absolute atomic E-state index is 0.0394. The Morgan fingerprint density at radius 1 is 1.21 bits per heavy atom. The molecule has 1 aromatic carbocycles. The van der Waals surface area contributed by atoms with Gasteiger partial charge in [-0.1, -0.05) is 13.8 Å². The van der Waals surface area contributed by atoms with Gasteiger partial charge in [0.05, 0.1) is 0 Å². The molecular formula is C14H21N3O2. The second-order valence-corrected chi connectivity index (χ2v) is 4.71. The number of nitrogens with one attached hydrogen (secondary N) is 2. The summed E-state index contributed by atoms with van der Waals surface area (Å²) in [6.45, 7) is 6.50. The second kappa shape index (κ2) is 6.78. The summed E-state index contributed by atoms with van der Waals surface area (Å²) in [4.78, 5) is 23.2. The van der Waals surface area contributed by atoms with Crippen LogP contribution < -0.4 is 16.4 Å². The predicted molar refractivity (Wildman–Crippen MR) is 75.9 cm³/mol. The van der Waals surface area contributed by atoms with E-state index in [2.05, 4.69) is 10.6 Å². The van der Waals surface area contributed by atoms with Crippen LogP contribution in [0.2, 0.25) is 0 Å². The van der Waals surface area contributed by atoms with Crippen LogP contribution in [-0.4, -0.2) is 24.4 Å². The average molecular weight is 263 g/mol. The van der Waals surface area contributed by atoms with Gasteiger partial charge in [0, 0.05) is 17.8 Å². The Balaban J connectivity index is 2.74. The number of anilines is 1. The topological polar surface area (TPSA) is 84.2 Å². The van der Waals surface area contributed by atoms with E-state index in [0.29, 0.717) is 5.56 Å². The van der Waals surface area contributed by atoms with Crippen LogP contribution in [0.4, 0.5) is 5.69 Å². The molecule has 0 saturated carbocycles. The predicted octanol–water partition coefficient (Wildman–Crippen LogP) is 1.36. The van der Waals surface area contributed by atoms with Gasteiger partial charge in [0.15, 0.2) is 0 Å². The molecule has 0 aliphatic heterocycles. The number of nitrogens with two attached hydrogens (primary N) is 1. The zero-order valence-electron chi connectivity index (χ0n) is 11.6. The van der Waals surface area contributed by atoms with E-state index in [1.54, 1.807) is 12.1 Å². The monoisotopic (exact) mass is 263 g/mol. The van der Waals surface area contributed by atoms with Gasteiger partial charge in [-0.15, -0.1) is 0 Å². The van der Waals surface area contributed by atoms with E-state index >= 15 is 0 Å². The lowest BCUT2D eigenvalue weighted by molar-refractivity contribution is -0.120.